The number of hydrogen-bond acceptors (Lipinski definition) is 4. The predicted octanol–water partition coefficient (Wildman–Crippen LogP) is 2.46. The van der Waals surface area contributed by atoms with E-state index in [9.17, 15) is 9.90 Å². The number of nitrogens with zero attached hydrogens (tertiary/aromatic N) is 1. The molecule has 134 valence electrons. The maximum atomic E-state index is 11.0. The number of aliphatic hydroxyl groups is 1. The standard InChI is InChI=1S/C12H15NO.C8H17NO/c14-12-6-8-13(9-7-12)10-11-4-2-1-3-5-11;1-6(2)7-5-9-4-3-8(7)10/h1-5H,6-10H2;6-10H,3-5H2,1-2H3. The topological polar surface area (TPSA) is 52.6 Å². The molecule has 2 aliphatic rings. The molecule has 2 N–H and O–H groups in total. The summed E-state index contributed by atoms with van der Waals surface area (Å²) in [6.45, 7) is 9.13. The van der Waals surface area contributed by atoms with Gasteiger partial charge in [0.25, 0.3) is 0 Å². The van der Waals surface area contributed by atoms with Crippen LogP contribution in [0.1, 0.15) is 38.7 Å². The maximum Gasteiger partial charge on any atom is 0.135 e. The zero-order chi connectivity index (χ0) is 17.4. The highest BCUT2D eigenvalue weighted by Crippen LogP contribution is 2.19. The van der Waals surface area contributed by atoms with E-state index in [0.29, 0.717) is 17.6 Å². The second-order valence-corrected chi connectivity index (χ2v) is 7.27. The van der Waals surface area contributed by atoms with Crippen molar-refractivity contribution in [3.05, 3.63) is 35.9 Å². The summed E-state index contributed by atoms with van der Waals surface area (Å²) in [5.41, 5.74) is 1.34. The highest BCUT2D eigenvalue weighted by Gasteiger charge is 2.24. The zero-order valence-electron chi connectivity index (χ0n) is 15.1. The molecule has 1 aromatic rings. The number of piperidine rings is 2. The van der Waals surface area contributed by atoms with Gasteiger partial charge in [0.1, 0.15) is 5.78 Å². The van der Waals surface area contributed by atoms with Crippen LogP contribution in [0.15, 0.2) is 30.3 Å². The highest BCUT2D eigenvalue weighted by atomic mass is 16.3. The van der Waals surface area contributed by atoms with E-state index < -0.39 is 0 Å². The minimum atomic E-state index is -0.0683. The van der Waals surface area contributed by atoms with Gasteiger partial charge in [-0.05, 0) is 30.4 Å². The Bertz CT molecular complexity index is 480. The van der Waals surface area contributed by atoms with E-state index in [1.807, 2.05) is 6.07 Å². The Morgan fingerprint density at radius 3 is 2.42 bits per heavy atom. The highest BCUT2D eigenvalue weighted by molar-refractivity contribution is 5.79. The van der Waals surface area contributed by atoms with E-state index in [1.165, 1.54) is 5.56 Å². The Kier molecular flexibility index (Phi) is 7.89. The molecule has 0 spiro atoms. The van der Waals surface area contributed by atoms with E-state index in [2.05, 4.69) is 48.3 Å². The molecule has 2 aliphatic heterocycles. The molecule has 4 nitrogen and oxygen atoms in total. The number of aliphatic hydroxyl groups excluding tert-OH is 1. The third-order valence-electron chi connectivity index (χ3n) is 5.01. The summed E-state index contributed by atoms with van der Waals surface area (Å²) >= 11 is 0. The number of hydrogen-bond donors (Lipinski definition) is 2. The van der Waals surface area contributed by atoms with Gasteiger partial charge in [-0.25, -0.2) is 0 Å². The molecular formula is C20H32N2O2. The Balaban J connectivity index is 0.000000185. The van der Waals surface area contributed by atoms with E-state index in [0.717, 1.165) is 52.0 Å². The van der Waals surface area contributed by atoms with Gasteiger partial charge in [-0.1, -0.05) is 44.2 Å². The molecule has 2 saturated heterocycles. The molecule has 0 bridgehead atoms. The van der Waals surface area contributed by atoms with Crippen LogP contribution < -0.4 is 5.32 Å². The van der Waals surface area contributed by atoms with E-state index in [-0.39, 0.29) is 6.10 Å². The SMILES string of the molecule is CC(C)C1CNCCC1O.O=C1CCN(Cc2ccccc2)CC1. The average molecular weight is 332 g/mol. The van der Waals surface area contributed by atoms with Gasteiger partial charge in [-0.3, -0.25) is 9.69 Å². The Morgan fingerprint density at radius 1 is 1.21 bits per heavy atom. The molecule has 3 rings (SSSR count). The second-order valence-electron chi connectivity index (χ2n) is 7.27. The molecule has 2 atom stereocenters. The zero-order valence-corrected chi connectivity index (χ0v) is 15.1. The van der Waals surface area contributed by atoms with Crippen LogP contribution in [0.5, 0.6) is 0 Å². The number of benzene rings is 1. The minimum absolute atomic E-state index is 0.0683. The smallest absolute Gasteiger partial charge is 0.135 e. The number of rotatable bonds is 3. The summed E-state index contributed by atoms with van der Waals surface area (Å²) in [7, 11) is 0. The number of carbonyl (C=O) groups excluding carboxylic acids is 1. The van der Waals surface area contributed by atoms with Gasteiger partial charge in [0.2, 0.25) is 0 Å². The van der Waals surface area contributed by atoms with Crippen molar-refractivity contribution in [2.75, 3.05) is 26.2 Å². The van der Waals surface area contributed by atoms with Gasteiger partial charge < -0.3 is 10.4 Å². The number of carbonyl (C=O) groups is 1. The molecule has 0 aliphatic carbocycles. The predicted molar refractivity (Wildman–Crippen MR) is 97.8 cm³/mol. The molecule has 0 saturated carbocycles. The number of likely N-dealkylation sites (tertiary alicyclic amines) is 1. The lowest BCUT2D eigenvalue weighted by atomic mass is 9.86. The quantitative estimate of drug-likeness (QED) is 0.893. The van der Waals surface area contributed by atoms with Gasteiger partial charge in [-0.15, -0.1) is 0 Å². The van der Waals surface area contributed by atoms with Crippen molar-refractivity contribution in [1.29, 1.82) is 0 Å². The van der Waals surface area contributed by atoms with Crippen LogP contribution in [0, 0.1) is 11.8 Å². The Morgan fingerprint density at radius 2 is 1.88 bits per heavy atom. The van der Waals surface area contributed by atoms with Crippen molar-refractivity contribution in [1.82, 2.24) is 10.2 Å². The van der Waals surface area contributed by atoms with Crippen LogP contribution in [0.3, 0.4) is 0 Å². The van der Waals surface area contributed by atoms with Gasteiger partial charge >= 0.3 is 0 Å². The van der Waals surface area contributed by atoms with Gasteiger partial charge in [-0.2, -0.15) is 0 Å². The molecule has 24 heavy (non-hydrogen) atoms. The van der Waals surface area contributed by atoms with Gasteiger partial charge in [0, 0.05) is 39.0 Å². The van der Waals surface area contributed by atoms with Crippen molar-refractivity contribution >= 4 is 5.78 Å². The summed E-state index contributed by atoms with van der Waals surface area (Å²) in [5.74, 6) is 1.48. The lowest BCUT2D eigenvalue weighted by molar-refractivity contribution is -0.121. The summed E-state index contributed by atoms with van der Waals surface area (Å²) in [6, 6.07) is 10.4. The Hall–Kier alpha value is -1.23. The number of Topliss-reactive ketones (excluding diaryl/α,β-unsaturated/α-hetero) is 1. The molecule has 1 aromatic carbocycles. The van der Waals surface area contributed by atoms with Crippen LogP contribution in [0.4, 0.5) is 0 Å². The maximum absolute atomic E-state index is 11.0. The minimum Gasteiger partial charge on any atom is -0.393 e. The van der Waals surface area contributed by atoms with Crippen LogP contribution in [-0.2, 0) is 11.3 Å². The van der Waals surface area contributed by atoms with Gasteiger partial charge in [0.15, 0.2) is 0 Å². The summed E-state index contributed by atoms with van der Waals surface area (Å²) in [4.78, 5) is 13.4. The third-order valence-corrected chi connectivity index (χ3v) is 5.01. The lowest BCUT2D eigenvalue weighted by Crippen LogP contribution is -2.42. The third kappa shape index (κ3) is 6.34. The average Bonchev–Trinajstić information content (AvgIpc) is 2.59. The molecule has 0 aromatic heterocycles. The van der Waals surface area contributed by atoms with Crippen molar-refractivity contribution in [2.45, 2.75) is 45.8 Å². The van der Waals surface area contributed by atoms with E-state index in [1.54, 1.807) is 0 Å². The number of ketones is 1. The number of nitrogens with one attached hydrogen (secondary N) is 1. The van der Waals surface area contributed by atoms with Crippen LogP contribution in [0.2, 0.25) is 0 Å². The first kappa shape index (κ1) is 19.1. The molecule has 0 amide bonds. The van der Waals surface area contributed by atoms with Crippen LogP contribution in [-0.4, -0.2) is 48.1 Å². The normalized spacial score (nSPS) is 25.2. The van der Waals surface area contributed by atoms with E-state index in [4.69, 9.17) is 0 Å². The van der Waals surface area contributed by atoms with Crippen molar-refractivity contribution in [2.24, 2.45) is 11.8 Å². The van der Waals surface area contributed by atoms with E-state index >= 15 is 0 Å². The van der Waals surface area contributed by atoms with Gasteiger partial charge in [0.05, 0.1) is 6.10 Å². The lowest BCUT2D eigenvalue weighted by Gasteiger charge is -2.31. The second kappa shape index (κ2) is 9.92. The fourth-order valence-corrected chi connectivity index (χ4v) is 3.35. The Labute approximate surface area is 146 Å². The molecule has 0 radical (unpaired) electrons. The first-order valence-electron chi connectivity index (χ1n) is 9.23. The first-order chi connectivity index (χ1) is 11.6. The monoisotopic (exact) mass is 332 g/mol. The van der Waals surface area contributed by atoms with Crippen molar-refractivity contribution in [3.63, 3.8) is 0 Å². The molecule has 4 heteroatoms. The van der Waals surface area contributed by atoms with Crippen molar-refractivity contribution < 1.29 is 9.90 Å². The first-order valence-corrected chi connectivity index (χ1v) is 9.23. The molecule has 2 unspecified atom stereocenters. The molecule has 2 heterocycles. The van der Waals surface area contributed by atoms with Crippen molar-refractivity contribution in [3.8, 4) is 0 Å². The summed E-state index contributed by atoms with van der Waals surface area (Å²) < 4.78 is 0. The summed E-state index contributed by atoms with van der Waals surface area (Å²) in [5, 5.41) is 12.8. The fourth-order valence-electron chi connectivity index (χ4n) is 3.35. The largest absolute Gasteiger partial charge is 0.393 e. The fraction of sp³-hybridized carbons (Fsp3) is 0.650. The molecule has 2 fully saturated rings. The molecular weight excluding hydrogens is 300 g/mol. The summed E-state index contributed by atoms with van der Waals surface area (Å²) in [6.07, 6.45) is 2.31. The van der Waals surface area contributed by atoms with Crippen LogP contribution in [0.25, 0.3) is 0 Å². The van der Waals surface area contributed by atoms with Crippen LogP contribution >= 0.6 is 0 Å².